The average molecular weight is 547 g/mol. The first-order chi connectivity index (χ1) is 19.2. The number of hydrogen-bond donors (Lipinski definition) is 4. The van der Waals surface area contributed by atoms with E-state index >= 15 is 0 Å². The van der Waals surface area contributed by atoms with E-state index in [9.17, 15) is 14.4 Å². The van der Waals surface area contributed by atoms with Crippen LogP contribution in [0.2, 0.25) is 0 Å². The summed E-state index contributed by atoms with van der Waals surface area (Å²) in [5, 5.41) is 10.1. The maximum absolute atomic E-state index is 13.1. The monoisotopic (exact) mass is 546 g/mol. The third-order valence-corrected chi connectivity index (χ3v) is 7.44. The average Bonchev–Trinajstić information content (AvgIpc) is 3.34. The molecule has 1 aromatic heterocycles. The van der Waals surface area contributed by atoms with E-state index in [1.807, 2.05) is 48.7 Å². The molecule has 2 aromatic carbocycles. The van der Waals surface area contributed by atoms with Crippen molar-refractivity contribution in [3.8, 4) is 0 Å². The van der Waals surface area contributed by atoms with Crippen LogP contribution < -0.4 is 16.0 Å². The quantitative estimate of drug-likeness (QED) is 0.290. The first-order valence-corrected chi connectivity index (χ1v) is 14.3. The second kappa shape index (κ2) is 13.5. The number of H-pyrrole nitrogens is 1. The molecule has 8 heteroatoms. The summed E-state index contributed by atoms with van der Waals surface area (Å²) < 4.78 is 5.38. The highest BCUT2D eigenvalue weighted by Gasteiger charge is 2.28. The van der Waals surface area contributed by atoms with Crippen molar-refractivity contribution in [1.82, 2.24) is 20.9 Å². The third-order valence-electron chi connectivity index (χ3n) is 7.44. The normalized spacial score (nSPS) is 18.1. The van der Waals surface area contributed by atoms with Crippen LogP contribution in [0, 0.1) is 11.8 Å². The summed E-state index contributed by atoms with van der Waals surface area (Å²) in [4.78, 5) is 41.6. The fourth-order valence-electron chi connectivity index (χ4n) is 5.31. The van der Waals surface area contributed by atoms with Crippen LogP contribution in [0.1, 0.15) is 57.6 Å². The molecule has 1 saturated carbocycles. The molecule has 3 aromatic rings. The first kappa shape index (κ1) is 29.2. The lowest BCUT2D eigenvalue weighted by molar-refractivity contribution is -0.126. The molecular weight excluding hydrogens is 504 g/mol. The molecule has 0 aliphatic heterocycles. The SMILES string of the molecule is CC(C)(C)OC(=O)N[C@@H](Cc1ccccc1)C(=O)NCC1CCC(C(=O)NCCc2c[nH]c3ccccc23)CC1. The van der Waals surface area contributed by atoms with Crippen LogP contribution in [0.3, 0.4) is 0 Å². The van der Waals surface area contributed by atoms with Crippen LogP contribution in [0.4, 0.5) is 4.79 Å². The van der Waals surface area contributed by atoms with Crippen molar-refractivity contribution in [1.29, 1.82) is 0 Å². The van der Waals surface area contributed by atoms with E-state index in [-0.39, 0.29) is 17.7 Å². The van der Waals surface area contributed by atoms with Crippen molar-refractivity contribution < 1.29 is 19.1 Å². The van der Waals surface area contributed by atoms with E-state index < -0.39 is 17.7 Å². The topological polar surface area (TPSA) is 112 Å². The number of para-hydroxylation sites is 1. The Balaban J connectivity index is 1.21. The van der Waals surface area contributed by atoms with Crippen LogP contribution in [0.15, 0.2) is 60.8 Å². The molecule has 4 rings (SSSR count). The number of amides is 3. The number of alkyl carbamates (subject to hydrolysis) is 1. The number of hydrogen-bond acceptors (Lipinski definition) is 4. The van der Waals surface area contributed by atoms with Gasteiger partial charge in [0.2, 0.25) is 11.8 Å². The van der Waals surface area contributed by atoms with Gasteiger partial charge in [-0.1, -0.05) is 48.5 Å². The number of aromatic amines is 1. The van der Waals surface area contributed by atoms with Crippen LogP contribution in [0.25, 0.3) is 10.9 Å². The largest absolute Gasteiger partial charge is 0.444 e. The van der Waals surface area contributed by atoms with Gasteiger partial charge in [0, 0.05) is 42.5 Å². The summed E-state index contributed by atoms with van der Waals surface area (Å²) in [6, 6.07) is 17.1. The predicted octanol–water partition coefficient (Wildman–Crippen LogP) is 4.89. The molecule has 3 amide bonds. The molecule has 214 valence electrons. The van der Waals surface area contributed by atoms with Gasteiger partial charge in [-0.25, -0.2) is 4.79 Å². The van der Waals surface area contributed by atoms with Gasteiger partial charge in [0.25, 0.3) is 0 Å². The number of carbonyl (C=O) groups excluding carboxylic acids is 3. The smallest absolute Gasteiger partial charge is 0.408 e. The predicted molar refractivity (Wildman–Crippen MR) is 157 cm³/mol. The minimum atomic E-state index is -0.739. The summed E-state index contributed by atoms with van der Waals surface area (Å²) in [5.41, 5.74) is 2.62. The number of nitrogens with one attached hydrogen (secondary N) is 4. The molecular formula is C32H42N4O4. The highest BCUT2D eigenvalue weighted by molar-refractivity contribution is 5.86. The molecule has 0 unspecified atom stereocenters. The van der Waals surface area contributed by atoms with Crippen LogP contribution in [-0.4, -0.2) is 47.6 Å². The van der Waals surface area contributed by atoms with Crippen molar-refractivity contribution in [2.75, 3.05) is 13.1 Å². The maximum atomic E-state index is 13.1. The van der Waals surface area contributed by atoms with Crippen LogP contribution in [0.5, 0.6) is 0 Å². The molecule has 0 spiro atoms. The van der Waals surface area contributed by atoms with E-state index in [0.717, 1.165) is 43.2 Å². The minimum Gasteiger partial charge on any atom is -0.444 e. The van der Waals surface area contributed by atoms with Crippen LogP contribution >= 0.6 is 0 Å². The van der Waals surface area contributed by atoms with Crippen molar-refractivity contribution in [2.45, 2.75) is 70.9 Å². The lowest BCUT2D eigenvalue weighted by Gasteiger charge is -2.29. The highest BCUT2D eigenvalue weighted by atomic mass is 16.6. The van der Waals surface area contributed by atoms with Crippen molar-refractivity contribution in [3.05, 3.63) is 71.9 Å². The number of ether oxygens (including phenoxy) is 1. The highest BCUT2D eigenvalue weighted by Crippen LogP contribution is 2.28. The first-order valence-electron chi connectivity index (χ1n) is 14.3. The number of benzene rings is 2. The summed E-state index contributed by atoms with van der Waals surface area (Å²) in [6.07, 6.45) is 5.94. The summed E-state index contributed by atoms with van der Waals surface area (Å²) in [6.45, 7) is 6.51. The summed E-state index contributed by atoms with van der Waals surface area (Å²) in [5.74, 6) is 0.200. The molecule has 1 fully saturated rings. The van der Waals surface area contributed by atoms with Crippen molar-refractivity contribution in [3.63, 3.8) is 0 Å². The number of fused-ring (bicyclic) bond motifs is 1. The Morgan fingerprint density at radius 1 is 0.950 bits per heavy atom. The van der Waals surface area contributed by atoms with Crippen molar-refractivity contribution in [2.24, 2.45) is 11.8 Å². The zero-order valence-corrected chi connectivity index (χ0v) is 23.8. The Hall–Kier alpha value is -3.81. The van der Waals surface area contributed by atoms with Crippen molar-refractivity contribution >= 4 is 28.8 Å². The number of aromatic nitrogens is 1. The standard InChI is InChI=1S/C32H42N4O4/c1-32(2,3)40-31(39)36-28(19-22-9-5-4-6-10-22)30(38)35-20-23-13-15-24(16-14-23)29(37)33-18-17-25-21-34-27-12-8-7-11-26(25)27/h4-12,21,23-24,28,34H,13-20H2,1-3H3,(H,33,37)(H,35,38)(H,36,39)/t23?,24?,28-/m0/s1. The Bertz CT molecular complexity index is 1270. The van der Waals surface area contributed by atoms with Gasteiger partial charge in [-0.15, -0.1) is 0 Å². The molecule has 0 bridgehead atoms. The van der Waals surface area contributed by atoms with E-state index in [1.54, 1.807) is 20.8 Å². The Morgan fingerprint density at radius 2 is 1.65 bits per heavy atom. The summed E-state index contributed by atoms with van der Waals surface area (Å²) in [7, 11) is 0. The van der Waals surface area contributed by atoms with Gasteiger partial charge in [-0.2, -0.15) is 0 Å². The van der Waals surface area contributed by atoms with E-state index in [2.05, 4.69) is 33.1 Å². The fourth-order valence-corrected chi connectivity index (χ4v) is 5.31. The Kier molecular flexibility index (Phi) is 9.85. The Labute approximate surface area is 236 Å². The molecule has 0 saturated heterocycles. The molecule has 8 nitrogen and oxygen atoms in total. The minimum absolute atomic E-state index is 0.00887. The van der Waals surface area contributed by atoms with Gasteiger partial charge in [-0.05, 0) is 76.0 Å². The fraction of sp³-hybridized carbons (Fsp3) is 0.469. The van der Waals surface area contributed by atoms with Gasteiger partial charge in [0.05, 0.1) is 0 Å². The molecule has 1 aliphatic rings. The molecule has 1 heterocycles. The third kappa shape index (κ3) is 8.60. The molecule has 1 aliphatic carbocycles. The molecule has 1 atom stereocenters. The van der Waals surface area contributed by atoms with E-state index in [4.69, 9.17) is 4.74 Å². The van der Waals surface area contributed by atoms with Gasteiger partial charge >= 0.3 is 6.09 Å². The number of carbonyl (C=O) groups is 3. The van der Waals surface area contributed by atoms with Gasteiger partial charge in [0.15, 0.2) is 0 Å². The van der Waals surface area contributed by atoms with E-state index in [1.165, 1.54) is 10.9 Å². The van der Waals surface area contributed by atoms with Crippen LogP contribution in [-0.2, 0) is 27.2 Å². The maximum Gasteiger partial charge on any atom is 0.408 e. The van der Waals surface area contributed by atoms with Gasteiger partial charge in [-0.3, -0.25) is 9.59 Å². The molecule has 40 heavy (non-hydrogen) atoms. The Morgan fingerprint density at radius 3 is 2.38 bits per heavy atom. The lowest BCUT2D eigenvalue weighted by Crippen LogP contribution is -2.50. The van der Waals surface area contributed by atoms with Gasteiger partial charge in [0.1, 0.15) is 11.6 Å². The van der Waals surface area contributed by atoms with Gasteiger partial charge < -0.3 is 25.7 Å². The molecule has 0 radical (unpaired) electrons. The zero-order chi connectivity index (χ0) is 28.5. The van der Waals surface area contributed by atoms with E-state index in [0.29, 0.717) is 25.4 Å². The second-order valence-corrected chi connectivity index (χ2v) is 11.8. The summed E-state index contributed by atoms with van der Waals surface area (Å²) >= 11 is 0. The second-order valence-electron chi connectivity index (χ2n) is 11.8. The lowest BCUT2D eigenvalue weighted by atomic mass is 9.81. The molecule has 4 N–H and O–H groups in total. The number of rotatable bonds is 10. The zero-order valence-electron chi connectivity index (χ0n) is 23.8.